The Bertz CT molecular complexity index is 590. The molecule has 1 aromatic carbocycles. The Kier molecular flexibility index (Phi) is 11.0. The summed E-state index contributed by atoms with van der Waals surface area (Å²) in [5.41, 5.74) is 7.45. The van der Waals surface area contributed by atoms with Crippen molar-refractivity contribution in [2.45, 2.75) is 53.3 Å². The van der Waals surface area contributed by atoms with E-state index in [0.29, 0.717) is 0 Å². The monoisotopic (exact) mass is 422 g/mol. The first-order chi connectivity index (χ1) is 9.20. The van der Waals surface area contributed by atoms with Gasteiger partial charge in [-0.3, -0.25) is 0 Å². The van der Waals surface area contributed by atoms with Crippen LogP contribution in [0.2, 0.25) is 19.6 Å². The fourth-order valence-electron chi connectivity index (χ4n) is 3.16. The van der Waals surface area contributed by atoms with Gasteiger partial charge >= 0.3 is 137 Å². The standard InChI is InChI=1S/C18H25Si.3ClH.Ti/c1-13-9-14(2)18(15(3)10-13)12-16-7-8-17(11-16)19(4,5)6;;;;/h8-10H,7,12H2,1-6H3;3*1H;/q;;;;+3/p-3. The Hall–Kier alpha value is 0.501. The summed E-state index contributed by atoms with van der Waals surface area (Å²) in [4.78, 5) is 0. The van der Waals surface area contributed by atoms with Crippen LogP contribution in [0.25, 0.3) is 0 Å². The smallest absolute Gasteiger partial charge is 1.00 e. The average molecular weight is 424 g/mol. The van der Waals surface area contributed by atoms with Crippen molar-refractivity contribution in [3.05, 3.63) is 55.1 Å². The van der Waals surface area contributed by atoms with Crippen molar-refractivity contribution < 1.29 is 57.7 Å². The minimum atomic E-state index is -1.18. The van der Waals surface area contributed by atoms with E-state index in [1.165, 1.54) is 22.3 Å². The molecule has 0 aliphatic heterocycles. The molecule has 0 radical (unpaired) electrons. The molecule has 1 aliphatic carbocycles. The van der Waals surface area contributed by atoms with Gasteiger partial charge in [0, 0.05) is 0 Å². The summed E-state index contributed by atoms with van der Waals surface area (Å²) >= 11 is 2.34. The molecule has 23 heavy (non-hydrogen) atoms. The molecule has 5 heteroatoms. The Morgan fingerprint density at radius 1 is 0.957 bits per heavy atom. The third kappa shape index (κ3) is 6.06. The van der Waals surface area contributed by atoms with Gasteiger partial charge in [-0.15, -0.1) is 0 Å². The van der Waals surface area contributed by atoms with Crippen LogP contribution >= 0.6 is 0 Å². The van der Waals surface area contributed by atoms with Gasteiger partial charge in [0.1, 0.15) is 0 Å². The second-order valence-corrected chi connectivity index (χ2v) is 12.9. The molecular weight excluding hydrogens is 399 g/mol. The first kappa shape index (κ1) is 25.7. The van der Waals surface area contributed by atoms with Crippen LogP contribution < -0.4 is 37.2 Å². The molecule has 0 fully saturated rings. The molecule has 0 nitrogen and oxygen atoms in total. The van der Waals surface area contributed by atoms with Gasteiger partial charge in [0.05, 0.1) is 0 Å². The maximum absolute atomic E-state index is 2.50. The molecule has 126 valence electrons. The van der Waals surface area contributed by atoms with Crippen molar-refractivity contribution in [1.82, 2.24) is 0 Å². The third-order valence-corrected chi connectivity index (χ3v) is 7.65. The summed E-state index contributed by atoms with van der Waals surface area (Å²) in [7, 11) is -1.18. The van der Waals surface area contributed by atoms with Crippen LogP contribution in [0.3, 0.4) is 0 Å². The van der Waals surface area contributed by atoms with Crippen molar-refractivity contribution >= 4 is 8.07 Å². The molecule has 0 bridgehead atoms. The van der Waals surface area contributed by atoms with Crippen molar-refractivity contribution in [3.63, 3.8) is 0 Å². The maximum atomic E-state index is 2.50. The number of hydrogen-bond acceptors (Lipinski definition) is 0. The predicted molar refractivity (Wildman–Crippen MR) is 87.4 cm³/mol. The predicted octanol–water partition coefficient (Wildman–Crippen LogP) is -3.83. The Morgan fingerprint density at radius 2 is 1.43 bits per heavy atom. The van der Waals surface area contributed by atoms with Crippen LogP contribution in [0.1, 0.15) is 28.7 Å². The first-order valence-corrected chi connectivity index (χ1v) is 11.7. The Morgan fingerprint density at radius 3 is 1.83 bits per heavy atom. The van der Waals surface area contributed by atoms with Gasteiger partial charge in [-0.2, -0.15) is 0 Å². The van der Waals surface area contributed by atoms with Crippen molar-refractivity contribution in [3.8, 4) is 0 Å². The number of hydrogen-bond donors (Lipinski definition) is 0. The van der Waals surface area contributed by atoms with E-state index in [-0.39, 0.29) is 37.2 Å². The fraction of sp³-hybridized carbons (Fsp3) is 0.444. The summed E-state index contributed by atoms with van der Waals surface area (Å²) in [5.74, 6) is 0. The minimum Gasteiger partial charge on any atom is -1.00 e. The quantitative estimate of drug-likeness (QED) is 0.437. The number of allylic oxidation sites excluding steroid dienone is 4. The first-order valence-electron chi connectivity index (χ1n) is 7.41. The van der Waals surface area contributed by atoms with Gasteiger partial charge in [0.2, 0.25) is 0 Å². The van der Waals surface area contributed by atoms with Crippen LogP contribution in [-0.4, -0.2) is 8.07 Å². The molecule has 0 aromatic heterocycles. The third-order valence-electron chi connectivity index (χ3n) is 4.21. The van der Waals surface area contributed by atoms with Crippen LogP contribution in [0.5, 0.6) is 0 Å². The maximum Gasteiger partial charge on any atom is -1.00 e. The van der Waals surface area contributed by atoms with Gasteiger partial charge in [-0.05, 0) is 0 Å². The summed E-state index contributed by atoms with van der Waals surface area (Å²) in [5, 5.41) is 1.68. The van der Waals surface area contributed by atoms with Gasteiger partial charge < -0.3 is 37.2 Å². The van der Waals surface area contributed by atoms with E-state index in [4.69, 9.17) is 0 Å². The van der Waals surface area contributed by atoms with Crippen LogP contribution in [0.15, 0.2) is 32.9 Å². The molecule has 0 heterocycles. The molecule has 2 rings (SSSR count). The zero-order valence-electron chi connectivity index (χ0n) is 14.8. The fourth-order valence-corrected chi connectivity index (χ4v) is 7.02. The second kappa shape index (κ2) is 9.85. The molecule has 0 atom stereocenters. The number of benzene rings is 1. The average Bonchev–Trinajstić information content (AvgIpc) is 2.64. The molecule has 0 saturated carbocycles. The zero-order valence-corrected chi connectivity index (χ0v) is 19.6. The summed E-state index contributed by atoms with van der Waals surface area (Å²) in [6, 6.07) is 4.64. The minimum absolute atomic E-state index is 0. The Balaban J connectivity index is 0. The molecule has 0 saturated heterocycles. The van der Waals surface area contributed by atoms with E-state index in [1.807, 2.05) is 0 Å². The second-order valence-electron chi connectivity index (χ2n) is 7.10. The molecule has 0 N–H and O–H groups in total. The SMILES string of the molecule is Cc1cc(C)c(CC2=[C]([Ti+3])C([Si](C)(C)C)=CC2)c(C)c1.[Cl-].[Cl-].[Cl-]. The van der Waals surface area contributed by atoms with Gasteiger partial charge in [0.15, 0.2) is 0 Å². The van der Waals surface area contributed by atoms with Crippen molar-refractivity contribution in [1.29, 1.82) is 0 Å². The summed E-state index contributed by atoms with van der Waals surface area (Å²) in [6.07, 6.45) is 4.79. The largest absolute Gasteiger partial charge is 1.00 e. The molecule has 1 aromatic rings. The van der Waals surface area contributed by atoms with Crippen LogP contribution in [-0.2, 0) is 26.9 Å². The van der Waals surface area contributed by atoms with Gasteiger partial charge in [0.25, 0.3) is 0 Å². The molecule has 0 unspecified atom stereocenters. The Labute approximate surface area is 173 Å². The number of halogens is 3. The summed E-state index contributed by atoms with van der Waals surface area (Å²) in [6.45, 7) is 14.1. The van der Waals surface area contributed by atoms with Gasteiger partial charge in [-0.25, -0.2) is 0 Å². The van der Waals surface area contributed by atoms with E-state index >= 15 is 0 Å². The van der Waals surface area contributed by atoms with Crippen molar-refractivity contribution in [2.75, 3.05) is 0 Å². The number of rotatable bonds is 3. The zero-order chi connectivity index (χ0) is 15.1. The van der Waals surface area contributed by atoms with Gasteiger partial charge in [-0.1, -0.05) is 0 Å². The molecule has 1 aliphatic rings. The normalized spacial score (nSPS) is 13.8. The van der Waals surface area contributed by atoms with Crippen molar-refractivity contribution in [2.24, 2.45) is 0 Å². The van der Waals surface area contributed by atoms with E-state index in [1.54, 1.807) is 14.6 Å². The topological polar surface area (TPSA) is 0 Å². The van der Waals surface area contributed by atoms with Crippen LogP contribution in [0.4, 0.5) is 0 Å². The molecular formula is C18H25Cl3SiTi. The molecule has 0 amide bonds. The van der Waals surface area contributed by atoms with E-state index in [9.17, 15) is 0 Å². The van der Waals surface area contributed by atoms with E-state index in [0.717, 1.165) is 12.8 Å². The van der Waals surface area contributed by atoms with Crippen LogP contribution in [0, 0.1) is 20.8 Å². The summed E-state index contributed by atoms with van der Waals surface area (Å²) < 4.78 is 1.59. The number of aryl methyl sites for hydroxylation is 3. The molecule has 0 spiro atoms. The van der Waals surface area contributed by atoms with E-state index < -0.39 is 8.07 Å². The van der Waals surface area contributed by atoms with E-state index in [2.05, 4.69) is 79.1 Å².